The van der Waals surface area contributed by atoms with Crippen LogP contribution in [0.3, 0.4) is 0 Å². The Morgan fingerprint density at radius 1 is 1.00 bits per heavy atom. The quantitative estimate of drug-likeness (QED) is 0.450. The number of carboxylic acids is 1. The van der Waals surface area contributed by atoms with Crippen LogP contribution >= 0.6 is 0 Å². The van der Waals surface area contributed by atoms with Gasteiger partial charge in [0.2, 0.25) is 0 Å². The largest absolute Gasteiger partial charge is 0.491 e. The summed E-state index contributed by atoms with van der Waals surface area (Å²) >= 11 is 0. The van der Waals surface area contributed by atoms with E-state index < -0.39 is 11.4 Å². The lowest BCUT2D eigenvalue weighted by molar-refractivity contribution is -0.148. The van der Waals surface area contributed by atoms with Crippen LogP contribution < -0.4 is 10.1 Å². The number of ketones is 1. The summed E-state index contributed by atoms with van der Waals surface area (Å²) in [5, 5.41) is 13.1. The average Bonchev–Trinajstić information content (AvgIpc) is 3.18. The monoisotopic (exact) mass is 443 g/mol. The number of nitrogens with one attached hydrogen (secondary N) is 1. The molecule has 1 aliphatic rings. The Bertz CT molecular complexity index is 1160. The summed E-state index contributed by atoms with van der Waals surface area (Å²) in [6.07, 6.45) is 1.46. The molecule has 1 aliphatic carbocycles. The maximum atomic E-state index is 13.2. The molecular formula is C28H29NO4. The van der Waals surface area contributed by atoms with Gasteiger partial charge in [0.15, 0.2) is 5.78 Å². The highest BCUT2D eigenvalue weighted by atomic mass is 16.5. The summed E-state index contributed by atoms with van der Waals surface area (Å²) in [7, 11) is 1.80. The third-order valence-electron chi connectivity index (χ3n) is 6.43. The molecule has 2 N–H and O–H groups in total. The van der Waals surface area contributed by atoms with E-state index in [1.165, 1.54) is 11.1 Å². The first-order valence-electron chi connectivity index (χ1n) is 11.2. The van der Waals surface area contributed by atoms with Gasteiger partial charge in [-0.25, -0.2) is 0 Å². The number of hydrogen-bond acceptors (Lipinski definition) is 4. The summed E-state index contributed by atoms with van der Waals surface area (Å²) in [6, 6.07) is 21.3. The van der Waals surface area contributed by atoms with Gasteiger partial charge in [-0.2, -0.15) is 0 Å². The van der Waals surface area contributed by atoms with Gasteiger partial charge in [-0.05, 0) is 54.7 Å². The molecule has 170 valence electrons. The first-order valence-corrected chi connectivity index (χ1v) is 11.2. The van der Waals surface area contributed by atoms with Crippen LogP contribution in [0.5, 0.6) is 5.75 Å². The molecule has 33 heavy (non-hydrogen) atoms. The zero-order valence-corrected chi connectivity index (χ0v) is 19.1. The van der Waals surface area contributed by atoms with E-state index in [1.807, 2.05) is 36.4 Å². The van der Waals surface area contributed by atoms with Crippen LogP contribution in [-0.4, -0.2) is 30.5 Å². The second kappa shape index (κ2) is 9.49. The number of ether oxygens (including phenoxy) is 1. The molecule has 0 saturated carbocycles. The zero-order chi connectivity index (χ0) is 23.4. The van der Waals surface area contributed by atoms with Crippen molar-refractivity contribution in [2.75, 3.05) is 19.0 Å². The van der Waals surface area contributed by atoms with E-state index in [-0.39, 0.29) is 12.2 Å². The average molecular weight is 444 g/mol. The second-order valence-corrected chi connectivity index (χ2v) is 8.86. The van der Waals surface area contributed by atoms with Crippen molar-refractivity contribution in [2.24, 2.45) is 5.41 Å². The number of hydrogen-bond donors (Lipinski definition) is 2. The van der Waals surface area contributed by atoms with Gasteiger partial charge >= 0.3 is 5.97 Å². The first-order chi connectivity index (χ1) is 15.9. The topological polar surface area (TPSA) is 75.6 Å². The number of aliphatic carboxylic acids is 1. The van der Waals surface area contributed by atoms with Gasteiger partial charge in [0.1, 0.15) is 5.75 Å². The maximum Gasteiger partial charge on any atom is 0.310 e. The Morgan fingerprint density at radius 2 is 1.73 bits per heavy atom. The van der Waals surface area contributed by atoms with E-state index in [2.05, 4.69) is 30.4 Å². The molecule has 0 fully saturated rings. The van der Waals surface area contributed by atoms with Gasteiger partial charge in [0.25, 0.3) is 0 Å². The van der Waals surface area contributed by atoms with Crippen molar-refractivity contribution in [2.45, 2.75) is 32.6 Å². The number of carbonyl (C=O) groups is 2. The Balaban J connectivity index is 1.49. The van der Waals surface area contributed by atoms with Crippen molar-refractivity contribution < 1.29 is 19.4 Å². The number of rotatable bonds is 9. The van der Waals surface area contributed by atoms with Crippen molar-refractivity contribution >= 4 is 17.4 Å². The van der Waals surface area contributed by atoms with Crippen molar-refractivity contribution in [1.29, 1.82) is 0 Å². The molecule has 0 saturated heterocycles. The Morgan fingerprint density at radius 3 is 2.36 bits per heavy atom. The van der Waals surface area contributed by atoms with Crippen molar-refractivity contribution in [3.63, 3.8) is 0 Å². The molecule has 0 atom stereocenters. The lowest BCUT2D eigenvalue weighted by atomic mass is 9.79. The molecule has 5 nitrogen and oxygen atoms in total. The van der Waals surface area contributed by atoms with E-state index in [9.17, 15) is 14.7 Å². The molecular weight excluding hydrogens is 414 g/mol. The Kier molecular flexibility index (Phi) is 6.50. The second-order valence-electron chi connectivity index (χ2n) is 8.86. The van der Waals surface area contributed by atoms with E-state index in [0.29, 0.717) is 30.8 Å². The molecule has 0 aromatic heterocycles. The molecule has 0 amide bonds. The summed E-state index contributed by atoms with van der Waals surface area (Å²) in [4.78, 5) is 25.4. The predicted octanol–water partition coefficient (Wildman–Crippen LogP) is 5.10. The number of Topliss-reactive ketones (excluding diaryl/α,β-unsaturated/α-hetero) is 1. The fourth-order valence-electron chi connectivity index (χ4n) is 4.62. The summed E-state index contributed by atoms with van der Waals surface area (Å²) < 4.78 is 6.02. The highest BCUT2D eigenvalue weighted by Gasteiger charge is 2.45. The lowest BCUT2D eigenvalue weighted by Gasteiger charge is -2.23. The molecule has 0 heterocycles. The molecule has 5 heteroatoms. The summed E-state index contributed by atoms with van der Waals surface area (Å²) in [5.41, 5.74) is 4.58. The minimum atomic E-state index is -1.10. The zero-order valence-electron chi connectivity index (χ0n) is 19.1. The SMILES string of the molecule is CNc1ccc(C(=O)CC2(C(=O)O)Cc3ccccc3C2)cc1OCCc1cccc(C)c1. The molecule has 0 spiro atoms. The van der Waals surface area contributed by atoms with Gasteiger partial charge in [-0.1, -0.05) is 54.1 Å². The molecule has 4 rings (SSSR count). The Labute approximate surface area is 194 Å². The van der Waals surface area contributed by atoms with E-state index in [0.717, 1.165) is 23.2 Å². The van der Waals surface area contributed by atoms with Gasteiger partial charge in [0.05, 0.1) is 17.7 Å². The standard InChI is InChI=1S/C28H29NO4/c1-19-6-5-7-20(14-19)12-13-33-26-15-21(10-11-24(26)29-2)25(30)18-28(27(31)32)16-22-8-3-4-9-23(22)17-28/h3-11,14-15,29H,12-13,16-18H2,1-2H3,(H,31,32). The van der Waals surface area contributed by atoms with Gasteiger partial charge in [0, 0.05) is 25.5 Å². The number of fused-ring (bicyclic) bond motifs is 1. The summed E-state index contributed by atoms with van der Waals surface area (Å²) in [6.45, 7) is 2.54. The van der Waals surface area contributed by atoms with E-state index in [1.54, 1.807) is 19.2 Å². The van der Waals surface area contributed by atoms with Crippen LogP contribution in [0.1, 0.15) is 39.0 Å². The van der Waals surface area contributed by atoms with Crippen LogP contribution in [0.25, 0.3) is 0 Å². The number of aryl methyl sites for hydroxylation is 1. The molecule has 0 unspecified atom stereocenters. The molecule has 0 aliphatic heterocycles. The molecule has 3 aromatic rings. The van der Waals surface area contributed by atoms with Crippen LogP contribution in [0.2, 0.25) is 0 Å². The van der Waals surface area contributed by atoms with Crippen molar-refractivity contribution in [3.05, 3.63) is 94.5 Å². The van der Waals surface area contributed by atoms with Gasteiger partial charge < -0.3 is 15.2 Å². The smallest absolute Gasteiger partial charge is 0.310 e. The van der Waals surface area contributed by atoms with E-state index in [4.69, 9.17) is 4.74 Å². The minimum absolute atomic E-state index is 0.0430. The maximum absolute atomic E-state index is 13.2. The fraction of sp³-hybridized carbons (Fsp3) is 0.286. The minimum Gasteiger partial charge on any atom is -0.491 e. The van der Waals surface area contributed by atoms with Crippen molar-refractivity contribution in [1.82, 2.24) is 0 Å². The van der Waals surface area contributed by atoms with Crippen molar-refractivity contribution in [3.8, 4) is 5.75 Å². The number of carboxylic acid groups (broad SMARTS) is 1. The van der Waals surface area contributed by atoms with Crippen LogP contribution in [-0.2, 0) is 24.1 Å². The summed E-state index contributed by atoms with van der Waals surface area (Å²) in [5.74, 6) is -0.514. The predicted molar refractivity (Wildman–Crippen MR) is 129 cm³/mol. The first kappa shape index (κ1) is 22.6. The highest BCUT2D eigenvalue weighted by Crippen LogP contribution is 2.41. The van der Waals surface area contributed by atoms with Crippen LogP contribution in [0, 0.1) is 12.3 Å². The highest BCUT2D eigenvalue weighted by molar-refractivity contribution is 6.00. The molecule has 3 aromatic carbocycles. The Hall–Kier alpha value is -3.60. The third kappa shape index (κ3) is 4.92. The number of carbonyl (C=O) groups excluding carboxylic acids is 1. The van der Waals surface area contributed by atoms with Gasteiger partial charge in [-0.3, -0.25) is 9.59 Å². The lowest BCUT2D eigenvalue weighted by Crippen LogP contribution is -2.34. The van der Waals surface area contributed by atoms with E-state index >= 15 is 0 Å². The fourth-order valence-corrected chi connectivity index (χ4v) is 4.62. The third-order valence-corrected chi connectivity index (χ3v) is 6.43. The molecule has 0 bridgehead atoms. The van der Waals surface area contributed by atoms with Crippen LogP contribution in [0.15, 0.2) is 66.7 Å². The van der Waals surface area contributed by atoms with Crippen LogP contribution in [0.4, 0.5) is 5.69 Å². The number of benzene rings is 3. The normalized spacial score (nSPS) is 13.9. The molecule has 0 radical (unpaired) electrons. The number of anilines is 1. The van der Waals surface area contributed by atoms with Gasteiger partial charge in [-0.15, -0.1) is 0 Å².